The van der Waals surface area contributed by atoms with Crippen LogP contribution in [-0.2, 0) is 17.6 Å². The van der Waals surface area contributed by atoms with Crippen LogP contribution >= 0.6 is 34.5 Å². The Labute approximate surface area is 180 Å². The number of thiazole rings is 1. The van der Waals surface area contributed by atoms with E-state index in [1.165, 1.54) is 4.88 Å². The van der Waals surface area contributed by atoms with Crippen molar-refractivity contribution in [2.24, 2.45) is 11.3 Å². The maximum atomic E-state index is 12.2. The zero-order valence-corrected chi connectivity index (χ0v) is 18.8. The summed E-state index contributed by atoms with van der Waals surface area (Å²) in [5, 5.41) is 4.69. The van der Waals surface area contributed by atoms with Gasteiger partial charge in [0, 0.05) is 16.3 Å². The highest BCUT2D eigenvalue weighted by atomic mass is 35.5. The molecular formula is C21H26Cl2N2O2S. The number of carbonyl (C=O) groups excluding carboxylic acids is 1. The maximum absolute atomic E-state index is 12.2. The van der Waals surface area contributed by atoms with Crippen LogP contribution in [0.3, 0.4) is 0 Å². The number of hydrogen-bond acceptors (Lipinski definition) is 4. The SMILES string of the molecule is CC(C)(C)C1CCc2nc(NC(=O)CCCOc3ccc(Cl)cc3Cl)sc2C1. The van der Waals surface area contributed by atoms with E-state index in [9.17, 15) is 4.79 Å². The van der Waals surface area contributed by atoms with Crippen molar-refractivity contribution in [1.82, 2.24) is 4.98 Å². The molecule has 0 saturated carbocycles. The first-order valence-electron chi connectivity index (χ1n) is 9.58. The minimum absolute atomic E-state index is 0.0377. The number of carbonyl (C=O) groups is 1. The number of rotatable bonds is 6. The van der Waals surface area contributed by atoms with Gasteiger partial charge >= 0.3 is 0 Å². The van der Waals surface area contributed by atoms with Crippen molar-refractivity contribution >= 4 is 45.6 Å². The first kappa shape index (κ1) is 21.4. The van der Waals surface area contributed by atoms with Gasteiger partial charge in [0.2, 0.25) is 5.91 Å². The van der Waals surface area contributed by atoms with Crippen LogP contribution in [0.25, 0.3) is 0 Å². The summed E-state index contributed by atoms with van der Waals surface area (Å²) in [7, 11) is 0. The molecule has 28 heavy (non-hydrogen) atoms. The Balaban J connectivity index is 1.45. The standard InChI is InChI=1S/C21H26Cl2N2O2S/c1-21(2,3)13-6-8-16-18(11-13)28-20(24-16)25-19(26)5-4-10-27-17-9-7-14(22)12-15(17)23/h7,9,12-13H,4-6,8,10-11H2,1-3H3,(H,24,25,26). The molecule has 3 rings (SSSR count). The highest BCUT2D eigenvalue weighted by Crippen LogP contribution is 2.40. The molecule has 0 spiro atoms. The van der Waals surface area contributed by atoms with Gasteiger partial charge in [-0.3, -0.25) is 4.79 Å². The van der Waals surface area contributed by atoms with Gasteiger partial charge in [-0.05, 0) is 55.2 Å². The summed E-state index contributed by atoms with van der Waals surface area (Å²) >= 11 is 13.6. The molecule has 4 nitrogen and oxygen atoms in total. The lowest BCUT2D eigenvalue weighted by Crippen LogP contribution is -2.26. The third kappa shape index (κ3) is 5.62. The molecule has 152 valence electrons. The van der Waals surface area contributed by atoms with Gasteiger partial charge in [-0.1, -0.05) is 44.0 Å². The second-order valence-electron chi connectivity index (χ2n) is 8.27. The molecular weight excluding hydrogens is 415 g/mol. The Morgan fingerprint density at radius 2 is 2.14 bits per heavy atom. The zero-order chi connectivity index (χ0) is 20.3. The van der Waals surface area contributed by atoms with E-state index < -0.39 is 0 Å². The highest BCUT2D eigenvalue weighted by molar-refractivity contribution is 7.15. The number of nitrogens with zero attached hydrogens (tertiary/aromatic N) is 1. The molecule has 1 amide bonds. The average Bonchev–Trinajstić information content (AvgIpc) is 3.00. The smallest absolute Gasteiger partial charge is 0.226 e. The molecule has 0 radical (unpaired) electrons. The van der Waals surface area contributed by atoms with E-state index in [-0.39, 0.29) is 5.91 Å². The van der Waals surface area contributed by atoms with Gasteiger partial charge in [0.1, 0.15) is 5.75 Å². The lowest BCUT2D eigenvalue weighted by molar-refractivity contribution is -0.116. The normalized spacial score (nSPS) is 16.5. The summed E-state index contributed by atoms with van der Waals surface area (Å²) in [4.78, 5) is 18.2. The van der Waals surface area contributed by atoms with Crippen LogP contribution < -0.4 is 10.1 Å². The largest absolute Gasteiger partial charge is 0.492 e. The average molecular weight is 441 g/mol. The van der Waals surface area contributed by atoms with Crippen LogP contribution in [0.5, 0.6) is 5.75 Å². The molecule has 1 aliphatic rings. The Bertz CT molecular complexity index is 845. The van der Waals surface area contributed by atoms with Crippen LogP contribution in [0.4, 0.5) is 5.13 Å². The van der Waals surface area contributed by atoms with Crippen molar-refractivity contribution in [3.8, 4) is 5.75 Å². The van der Waals surface area contributed by atoms with Crippen molar-refractivity contribution in [2.45, 2.75) is 52.9 Å². The summed E-state index contributed by atoms with van der Waals surface area (Å²) in [5.41, 5.74) is 1.46. The molecule has 0 saturated heterocycles. The number of aryl methyl sites for hydroxylation is 1. The fraction of sp³-hybridized carbons (Fsp3) is 0.524. The Kier molecular flexibility index (Phi) is 6.89. The fourth-order valence-corrected chi connectivity index (χ4v) is 4.92. The van der Waals surface area contributed by atoms with Gasteiger partial charge in [0.15, 0.2) is 5.13 Å². The van der Waals surface area contributed by atoms with Gasteiger partial charge in [-0.15, -0.1) is 11.3 Å². The van der Waals surface area contributed by atoms with Crippen LogP contribution in [0, 0.1) is 11.3 Å². The third-order valence-corrected chi connectivity index (χ3v) is 6.68. The zero-order valence-electron chi connectivity index (χ0n) is 16.5. The molecule has 0 bridgehead atoms. The van der Waals surface area contributed by atoms with E-state index in [0.717, 1.165) is 25.0 Å². The molecule has 1 unspecified atom stereocenters. The van der Waals surface area contributed by atoms with Gasteiger partial charge < -0.3 is 10.1 Å². The quantitative estimate of drug-likeness (QED) is 0.528. The van der Waals surface area contributed by atoms with Crippen LogP contribution in [0.2, 0.25) is 10.0 Å². The highest BCUT2D eigenvalue weighted by Gasteiger charge is 2.30. The molecule has 2 aromatic rings. The number of halogens is 2. The van der Waals surface area contributed by atoms with Crippen molar-refractivity contribution in [1.29, 1.82) is 0 Å². The number of nitrogens with one attached hydrogen (secondary N) is 1. The molecule has 1 aromatic carbocycles. The first-order chi connectivity index (χ1) is 13.2. The van der Waals surface area contributed by atoms with E-state index in [4.69, 9.17) is 27.9 Å². The molecule has 0 aliphatic heterocycles. The second-order valence-corrected chi connectivity index (χ2v) is 10.2. The van der Waals surface area contributed by atoms with E-state index in [0.29, 0.717) is 51.7 Å². The first-order valence-corrected chi connectivity index (χ1v) is 11.2. The Hall–Kier alpha value is -1.30. The maximum Gasteiger partial charge on any atom is 0.226 e. The Morgan fingerprint density at radius 1 is 1.36 bits per heavy atom. The summed E-state index contributed by atoms with van der Waals surface area (Å²) in [6, 6.07) is 5.10. The molecule has 1 heterocycles. The summed E-state index contributed by atoms with van der Waals surface area (Å²) < 4.78 is 5.62. The fourth-order valence-electron chi connectivity index (χ4n) is 3.36. The molecule has 1 atom stereocenters. The van der Waals surface area contributed by atoms with E-state index in [1.54, 1.807) is 29.5 Å². The number of benzene rings is 1. The summed E-state index contributed by atoms with van der Waals surface area (Å²) in [6.07, 6.45) is 4.20. The number of anilines is 1. The van der Waals surface area contributed by atoms with E-state index >= 15 is 0 Å². The molecule has 1 aromatic heterocycles. The molecule has 1 N–H and O–H groups in total. The van der Waals surface area contributed by atoms with Crippen LogP contribution in [-0.4, -0.2) is 17.5 Å². The van der Waals surface area contributed by atoms with E-state index in [1.807, 2.05) is 0 Å². The minimum Gasteiger partial charge on any atom is -0.492 e. The van der Waals surface area contributed by atoms with Crippen molar-refractivity contribution < 1.29 is 9.53 Å². The number of hydrogen-bond donors (Lipinski definition) is 1. The Morgan fingerprint density at radius 3 is 2.86 bits per heavy atom. The van der Waals surface area contributed by atoms with Crippen LogP contribution in [0.15, 0.2) is 18.2 Å². The summed E-state index contributed by atoms with van der Waals surface area (Å²) in [5.74, 6) is 1.21. The van der Waals surface area contributed by atoms with Gasteiger partial charge in [-0.2, -0.15) is 0 Å². The predicted molar refractivity (Wildman–Crippen MR) is 117 cm³/mol. The lowest BCUT2D eigenvalue weighted by atomic mass is 9.73. The number of fused-ring (bicyclic) bond motifs is 1. The molecule has 0 fully saturated rings. The topological polar surface area (TPSA) is 51.2 Å². The van der Waals surface area contributed by atoms with Gasteiger partial charge in [0.05, 0.1) is 17.3 Å². The monoisotopic (exact) mass is 440 g/mol. The van der Waals surface area contributed by atoms with Crippen molar-refractivity contribution in [3.63, 3.8) is 0 Å². The molecule has 1 aliphatic carbocycles. The van der Waals surface area contributed by atoms with Gasteiger partial charge in [0.25, 0.3) is 0 Å². The van der Waals surface area contributed by atoms with Crippen molar-refractivity contribution in [2.75, 3.05) is 11.9 Å². The van der Waals surface area contributed by atoms with Gasteiger partial charge in [-0.25, -0.2) is 4.98 Å². The lowest BCUT2D eigenvalue weighted by Gasteiger charge is -2.33. The third-order valence-electron chi connectivity index (χ3n) is 5.11. The van der Waals surface area contributed by atoms with Crippen molar-refractivity contribution in [3.05, 3.63) is 38.8 Å². The van der Waals surface area contributed by atoms with Crippen LogP contribution in [0.1, 0.15) is 50.6 Å². The van der Waals surface area contributed by atoms with E-state index in [2.05, 4.69) is 31.1 Å². The molecule has 7 heteroatoms. The second kappa shape index (κ2) is 9.02. The predicted octanol–water partition coefficient (Wildman–Crippen LogP) is 6.40. The number of ether oxygens (including phenoxy) is 1. The number of amides is 1. The summed E-state index contributed by atoms with van der Waals surface area (Å²) in [6.45, 7) is 7.30. The minimum atomic E-state index is -0.0377. The number of aromatic nitrogens is 1.